The van der Waals surface area contributed by atoms with E-state index >= 15 is 0 Å². The summed E-state index contributed by atoms with van der Waals surface area (Å²) >= 11 is 0. The summed E-state index contributed by atoms with van der Waals surface area (Å²) in [4.78, 5) is 10.9. The van der Waals surface area contributed by atoms with Crippen LogP contribution in [0.5, 0.6) is 0 Å². The topological polar surface area (TPSA) is 100 Å². The Morgan fingerprint density at radius 2 is 2.44 bits per heavy atom. The van der Waals surface area contributed by atoms with Gasteiger partial charge >= 0.3 is 5.97 Å². The van der Waals surface area contributed by atoms with Gasteiger partial charge in [0.05, 0.1) is 6.20 Å². The van der Waals surface area contributed by atoms with Crippen molar-refractivity contribution in [3.05, 3.63) is 11.9 Å². The highest BCUT2D eigenvalue weighted by molar-refractivity contribution is 5.74. The van der Waals surface area contributed by atoms with E-state index in [1.165, 1.54) is 4.68 Å². The first-order valence-corrected chi connectivity index (χ1v) is 5.16. The second-order valence-corrected chi connectivity index (χ2v) is 3.31. The van der Waals surface area contributed by atoms with E-state index in [-0.39, 0.29) is 6.61 Å². The number of hydrogen-bond donors (Lipinski definition) is 3. The number of carboxylic acid groups (broad SMARTS) is 1. The van der Waals surface area contributed by atoms with Gasteiger partial charge in [0.15, 0.2) is 6.04 Å². The number of aromatic nitrogens is 3. The van der Waals surface area contributed by atoms with E-state index in [9.17, 15) is 4.79 Å². The maximum Gasteiger partial charge on any atom is 0.327 e. The summed E-state index contributed by atoms with van der Waals surface area (Å²) < 4.78 is 1.53. The van der Waals surface area contributed by atoms with E-state index in [1.54, 1.807) is 6.20 Å². The van der Waals surface area contributed by atoms with Gasteiger partial charge in [0.2, 0.25) is 0 Å². The van der Waals surface area contributed by atoms with E-state index in [4.69, 9.17) is 10.2 Å². The van der Waals surface area contributed by atoms with Gasteiger partial charge in [-0.05, 0) is 13.0 Å². The molecule has 1 rings (SSSR count). The quantitative estimate of drug-likeness (QED) is 0.576. The van der Waals surface area contributed by atoms with Gasteiger partial charge in [-0.2, -0.15) is 0 Å². The molecular formula is C9H16N4O3. The summed E-state index contributed by atoms with van der Waals surface area (Å²) in [7, 11) is 0. The summed E-state index contributed by atoms with van der Waals surface area (Å²) in [5.74, 6) is -0.976. The number of aliphatic carboxylic acids is 1. The number of hydrogen-bond acceptors (Lipinski definition) is 5. The molecule has 1 aromatic rings. The van der Waals surface area contributed by atoms with Crippen molar-refractivity contribution in [2.75, 3.05) is 13.2 Å². The van der Waals surface area contributed by atoms with Crippen molar-refractivity contribution >= 4 is 5.97 Å². The Balaban J connectivity index is 2.69. The Morgan fingerprint density at radius 1 is 1.69 bits per heavy atom. The lowest BCUT2D eigenvalue weighted by Gasteiger charge is -2.08. The Hall–Kier alpha value is -1.47. The number of aliphatic hydroxyl groups excluding tert-OH is 1. The number of likely N-dealkylation sites (N-methyl/N-ethyl adjacent to an activating group) is 1. The summed E-state index contributed by atoms with van der Waals surface area (Å²) in [6.45, 7) is 2.97. The highest BCUT2D eigenvalue weighted by atomic mass is 16.4. The molecule has 0 aliphatic carbocycles. The fourth-order valence-electron chi connectivity index (χ4n) is 1.31. The predicted octanol–water partition coefficient (Wildman–Crippen LogP) is -0.604. The molecule has 90 valence electrons. The van der Waals surface area contributed by atoms with E-state index in [2.05, 4.69) is 15.6 Å². The lowest BCUT2D eigenvalue weighted by Crippen LogP contribution is -2.28. The largest absolute Gasteiger partial charge is 0.480 e. The van der Waals surface area contributed by atoms with Crippen molar-refractivity contribution < 1.29 is 15.0 Å². The van der Waals surface area contributed by atoms with Crippen molar-refractivity contribution in [2.45, 2.75) is 25.9 Å². The van der Waals surface area contributed by atoms with E-state index in [0.717, 1.165) is 0 Å². The fourth-order valence-corrected chi connectivity index (χ4v) is 1.31. The molecule has 1 heterocycles. The van der Waals surface area contributed by atoms with Gasteiger partial charge in [-0.15, -0.1) is 5.10 Å². The van der Waals surface area contributed by atoms with Gasteiger partial charge < -0.3 is 10.2 Å². The Morgan fingerprint density at radius 3 is 3.00 bits per heavy atom. The minimum Gasteiger partial charge on any atom is -0.480 e. The van der Waals surface area contributed by atoms with E-state index in [1.807, 2.05) is 6.92 Å². The average molecular weight is 228 g/mol. The number of rotatable bonds is 7. The molecule has 1 unspecified atom stereocenters. The SMILES string of the molecule is CCNC(C(=O)O)c1cn(CCCO)nn1. The first-order chi connectivity index (χ1) is 7.69. The summed E-state index contributed by atoms with van der Waals surface area (Å²) in [6.07, 6.45) is 2.15. The first-order valence-electron chi connectivity index (χ1n) is 5.16. The minimum absolute atomic E-state index is 0.0742. The molecule has 0 aliphatic heterocycles. The normalized spacial score (nSPS) is 12.6. The molecule has 0 saturated heterocycles. The molecule has 7 nitrogen and oxygen atoms in total. The third-order valence-corrected chi connectivity index (χ3v) is 2.05. The molecule has 0 amide bonds. The van der Waals surface area contributed by atoms with E-state index in [0.29, 0.717) is 25.2 Å². The smallest absolute Gasteiger partial charge is 0.327 e. The Labute approximate surface area is 93.1 Å². The lowest BCUT2D eigenvalue weighted by molar-refractivity contribution is -0.139. The number of aryl methyl sites for hydroxylation is 1. The van der Waals surface area contributed by atoms with Gasteiger partial charge in [0.1, 0.15) is 5.69 Å². The van der Waals surface area contributed by atoms with Crippen molar-refractivity contribution in [1.29, 1.82) is 0 Å². The molecule has 1 aromatic heterocycles. The standard InChI is InChI=1S/C9H16N4O3/c1-2-10-8(9(15)16)7-6-13(12-11-7)4-3-5-14/h6,8,10,14H,2-5H2,1H3,(H,15,16). The monoisotopic (exact) mass is 228 g/mol. The molecular weight excluding hydrogens is 212 g/mol. The highest BCUT2D eigenvalue weighted by Crippen LogP contribution is 2.09. The molecule has 0 saturated carbocycles. The van der Waals surface area contributed by atoms with Crippen molar-refractivity contribution in [3.63, 3.8) is 0 Å². The zero-order valence-electron chi connectivity index (χ0n) is 9.13. The van der Waals surface area contributed by atoms with Crippen LogP contribution in [0.25, 0.3) is 0 Å². The fraction of sp³-hybridized carbons (Fsp3) is 0.667. The number of aliphatic hydroxyl groups is 1. The van der Waals surface area contributed by atoms with Gasteiger partial charge in [0, 0.05) is 13.2 Å². The van der Waals surface area contributed by atoms with Crippen LogP contribution in [0.1, 0.15) is 25.1 Å². The van der Waals surface area contributed by atoms with Crippen LogP contribution in [-0.4, -0.2) is 44.3 Å². The maximum atomic E-state index is 10.9. The molecule has 0 fully saturated rings. The summed E-state index contributed by atoms with van der Waals surface area (Å²) in [5, 5.41) is 28.0. The maximum absolute atomic E-state index is 10.9. The van der Waals surface area contributed by atoms with Crippen LogP contribution in [0, 0.1) is 0 Å². The Kier molecular flexibility index (Phi) is 4.87. The highest BCUT2D eigenvalue weighted by Gasteiger charge is 2.21. The van der Waals surface area contributed by atoms with Crippen LogP contribution >= 0.6 is 0 Å². The molecule has 0 bridgehead atoms. The van der Waals surface area contributed by atoms with Crippen LogP contribution in [0.3, 0.4) is 0 Å². The molecule has 1 atom stereocenters. The lowest BCUT2D eigenvalue weighted by atomic mass is 10.2. The van der Waals surface area contributed by atoms with Crippen LogP contribution in [0.15, 0.2) is 6.20 Å². The third kappa shape index (κ3) is 3.28. The minimum atomic E-state index is -0.976. The molecule has 0 aromatic carbocycles. The van der Waals surface area contributed by atoms with E-state index < -0.39 is 12.0 Å². The number of carboxylic acids is 1. The number of nitrogens with one attached hydrogen (secondary N) is 1. The number of carbonyl (C=O) groups is 1. The molecule has 0 aliphatic rings. The third-order valence-electron chi connectivity index (χ3n) is 2.05. The zero-order chi connectivity index (χ0) is 12.0. The van der Waals surface area contributed by atoms with Gasteiger partial charge in [-0.3, -0.25) is 14.8 Å². The zero-order valence-corrected chi connectivity index (χ0v) is 9.13. The van der Waals surface area contributed by atoms with Gasteiger partial charge in [0.25, 0.3) is 0 Å². The molecule has 7 heteroatoms. The van der Waals surface area contributed by atoms with Crippen molar-refractivity contribution in [2.24, 2.45) is 0 Å². The predicted molar refractivity (Wildman–Crippen MR) is 55.8 cm³/mol. The average Bonchev–Trinajstić information content (AvgIpc) is 2.70. The van der Waals surface area contributed by atoms with Gasteiger partial charge in [-0.25, -0.2) is 0 Å². The number of nitrogens with zero attached hydrogens (tertiary/aromatic N) is 3. The summed E-state index contributed by atoms with van der Waals surface area (Å²) in [6, 6.07) is -0.826. The van der Waals surface area contributed by atoms with Crippen LogP contribution in [-0.2, 0) is 11.3 Å². The second-order valence-electron chi connectivity index (χ2n) is 3.31. The van der Waals surface area contributed by atoms with Crippen LogP contribution < -0.4 is 5.32 Å². The molecule has 3 N–H and O–H groups in total. The van der Waals surface area contributed by atoms with Crippen LogP contribution in [0.2, 0.25) is 0 Å². The van der Waals surface area contributed by atoms with Crippen molar-refractivity contribution in [1.82, 2.24) is 20.3 Å². The molecule has 0 spiro atoms. The Bertz CT molecular complexity index is 339. The van der Waals surface area contributed by atoms with Crippen LogP contribution in [0.4, 0.5) is 0 Å². The van der Waals surface area contributed by atoms with Gasteiger partial charge in [-0.1, -0.05) is 12.1 Å². The molecule has 0 radical (unpaired) electrons. The molecule has 16 heavy (non-hydrogen) atoms. The first kappa shape index (κ1) is 12.6. The summed E-state index contributed by atoms with van der Waals surface area (Å²) in [5.41, 5.74) is 0.382. The van der Waals surface area contributed by atoms with Crippen molar-refractivity contribution in [3.8, 4) is 0 Å². The second kappa shape index (κ2) is 6.19.